The van der Waals surface area contributed by atoms with E-state index >= 15 is 0 Å². The van der Waals surface area contributed by atoms with Crippen LogP contribution in [0.5, 0.6) is 0 Å². The minimum absolute atomic E-state index is 0.536. The van der Waals surface area contributed by atoms with Crippen molar-refractivity contribution in [2.24, 2.45) is 0 Å². The van der Waals surface area contributed by atoms with Gasteiger partial charge in [-0.15, -0.1) is 0 Å². The molecule has 1 nitrogen and oxygen atoms in total. The Morgan fingerprint density at radius 1 is 0.267 bits per heavy atom. The molecule has 276 valence electrons. The summed E-state index contributed by atoms with van der Waals surface area (Å²) in [6.45, 7) is 0. The van der Waals surface area contributed by atoms with Crippen molar-refractivity contribution in [1.29, 1.82) is 0 Å². The third-order valence-electron chi connectivity index (χ3n) is 13.8. The zero-order valence-corrected chi connectivity index (χ0v) is 32.5. The molecule has 2 aliphatic rings. The van der Waals surface area contributed by atoms with E-state index in [1.807, 2.05) is 0 Å². The third kappa shape index (κ3) is 4.11. The monoisotopic (exact) mass is 758 g/mol. The lowest BCUT2D eigenvalue weighted by Crippen LogP contribution is -2.26. The van der Waals surface area contributed by atoms with Gasteiger partial charge in [0.1, 0.15) is 11.2 Å². The fourth-order valence-corrected chi connectivity index (χ4v) is 11.3. The standard InChI is InChI=1S/C59H34O/c1-2-15-37-33-53-50(29-36(37)14-1)58-47(39-26-28-56-49(31-39)45-21-9-12-24-55(45)60-56)32-40(34-54(58)59(53)51-22-10-7-19-43(51)44-20-8-11-23-52(44)59)57-42-18-6-4-16-38(42)30-48-41-17-5-3-13-35(41)25-27-46(48)57/h1-34H. The molecule has 1 spiro atoms. The van der Waals surface area contributed by atoms with Crippen molar-refractivity contribution in [2.75, 3.05) is 0 Å². The Morgan fingerprint density at radius 2 is 0.900 bits per heavy atom. The van der Waals surface area contributed by atoms with Crippen LogP contribution in [0.25, 0.3) is 110 Å². The SMILES string of the molecule is c1ccc2c(c1)-c1ccccc1C21c2cc3ccccc3cc2-c2c(-c3ccc4oc5ccccc5c4c3)cc(-c3c4ccccc4cc4c3ccc3ccccc34)cc21. The van der Waals surface area contributed by atoms with Crippen molar-refractivity contribution < 1.29 is 4.42 Å². The van der Waals surface area contributed by atoms with Gasteiger partial charge in [0, 0.05) is 10.8 Å². The number of fused-ring (bicyclic) bond motifs is 18. The van der Waals surface area contributed by atoms with Gasteiger partial charge in [0.05, 0.1) is 5.41 Å². The van der Waals surface area contributed by atoms with Crippen molar-refractivity contribution in [3.63, 3.8) is 0 Å². The molecule has 0 aliphatic heterocycles. The van der Waals surface area contributed by atoms with Gasteiger partial charge in [-0.1, -0.05) is 158 Å². The molecule has 1 heteroatoms. The molecule has 0 saturated carbocycles. The van der Waals surface area contributed by atoms with Gasteiger partial charge in [-0.2, -0.15) is 0 Å². The molecule has 2 aliphatic carbocycles. The minimum atomic E-state index is -0.536. The first-order chi connectivity index (χ1) is 29.7. The topological polar surface area (TPSA) is 13.1 Å². The van der Waals surface area contributed by atoms with Gasteiger partial charge < -0.3 is 4.42 Å². The number of rotatable bonds is 2. The maximum absolute atomic E-state index is 6.42. The van der Waals surface area contributed by atoms with Gasteiger partial charge in [0.15, 0.2) is 0 Å². The van der Waals surface area contributed by atoms with E-state index in [1.54, 1.807) is 0 Å². The molecule has 1 aromatic heterocycles. The summed E-state index contributed by atoms with van der Waals surface area (Å²) in [6, 6.07) is 77.3. The zero-order chi connectivity index (χ0) is 39.1. The maximum atomic E-state index is 6.42. The second kappa shape index (κ2) is 11.7. The maximum Gasteiger partial charge on any atom is 0.135 e. The molecule has 0 saturated heterocycles. The third-order valence-corrected chi connectivity index (χ3v) is 13.8. The average Bonchev–Trinajstić information content (AvgIpc) is 3.93. The van der Waals surface area contributed by atoms with Gasteiger partial charge in [0.2, 0.25) is 0 Å². The van der Waals surface area contributed by atoms with Gasteiger partial charge in [-0.05, 0) is 158 Å². The summed E-state index contributed by atoms with van der Waals surface area (Å²) in [5.74, 6) is 0. The van der Waals surface area contributed by atoms with E-state index in [0.29, 0.717) is 0 Å². The van der Waals surface area contributed by atoms with Gasteiger partial charge in [-0.3, -0.25) is 0 Å². The van der Waals surface area contributed by atoms with Crippen LogP contribution in [-0.4, -0.2) is 0 Å². The molecular formula is C59H34O. The summed E-state index contributed by atoms with van der Waals surface area (Å²) in [5, 5.41) is 12.3. The van der Waals surface area contributed by atoms with E-state index in [0.717, 1.165) is 21.9 Å². The lowest BCUT2D eigenvalue weighted by atomic mass is 9.69. The van der Waals surface area contributed by atoms with E-state index in [-0.39, 0.29) is 0 Å². The molecule has 1 heterocycles. The normalized spacial score (nSPS) is 13.5. The number of hydrogen-bond acceptors (Lipinski definition) is 1. The van der Waals surface area contributed by atoms with Crippen LogP contribution in [0.3, 0.4) is 0 Å². The largest absolute Gasteiger partial charge is 0.456 e. The van der Waals surface area contributed by atoms with Gasteiger partial charge >= 0.3 is 0 Å². The van der Waals surface area contributed by atoms with E-state index in [9.17, 15) is 0 Å². The molecule has 0 radical (unpaired) electrons. The van der Waals surface area contributed by atoms with Crippen LogP contribution in [0, 0.1) is 0 Å². The Kier molecular flexibility index (Phi) is 6.28. The predicted octanol–water partition coefficient (Wildman–Crippen LogP) is 15.9. The van der Waals surface area contributed by atoms with Crippen LogP contribution >= 0.6 is 0 Å². The lowest BCUT2D eigenvalue weighted by Gasteiger charge is -2.31. The highest BCUT2D eigenvalue weighted by Crippen LogP contribution is 2.65. The summed E-state index contributed by atoms with van der Waals surface area (Å²) >= 11 is 0. The highest BCUT2D eigenvalue weighted by atomic mass is 16.3. The zero-order valence-electron chi connectivity index (χ0n) is 32.5. The summed E-state index contributed by atoms with van der Waals surface area (Å²) in [5.41, 5.74) is 16.7. The fourth-order valence-electron chi connectivity index (χ4n) is 11.3. The number of hydrogen-bond donors (Lipinski definition) is 0. The molecule has 11 aromatic carbocycles. The molecule has 0 unspecified atom stereocenters. The Hall–Kier alpha value is -7.74. The molecule has 0 atom stereocenters. The smallest absolute Gasteiger partial charge is 0.135 e. The Balaban J connectivity index is 1.20. The van der Waals surface area contributed by atoms with Crippen molar-refractivity contribution >= 4 is 65.0 Å². The molecule has 12 aromatic rings. The van der Waals surface area contributed by atoms with E-state index < -0.39 is 5.41 Å². The Morgan fingerprint density at radius 3 is 1.70 bits per heavy atom. The fraction of sp³-hybridized carbons (Fsp3) is 0.0169. The first-order valence-electron chi connectivity index (χ1n) is 20.9. The lowest BCUT2D eigenvalue weighted by molar-refractivity contribution is 0.669. The van der Waals surface area contributed by atoms with Crippen molar-refractivity contribution in [2.45, 2.75) is 5.41 Å². The van der Waals surface area contributed by atoms with Crippen molar-refractivity contribution in [3.05, 3.63) is 229 Å². The molecule has 14 rings (SSSR count). The minimum Gasteiger partial charge on any atom is -0.456 e. The summed E-state index contributed by atoms with van der Waals surface area (Å²) in [7, 11) is 0. The van der Waals surface area contributed by atoms with E-state index in [4.69, 9.17) is 4.42 Å². The molecule has 0 bridgehead atoms. The van der Waals surface area contributed by atoms with Crippen LogP contribution in [0.4, 0.5) is 0 Å². The highest BCUT2D eigenvalue weighted by Gasteiger charge is 2.52. The van der Waals surface area contributed by atoms with E-state index in [1.165, 1.54) is 110 Å². The average molecular weight is 759 g/mol. The van der Waals surface area contributed by atoms with Gasteiger partial charge in [-0.25, -0.2) is 0 Å². The molecule has 0 amide bonds. The van der Waals surface area contributed by atoms with Crippen molar-refractivity contribution in [3.8, 4) is 44.5 Å². The van der Waals surface area contributed by atoms with Crippen molar-refractivity contribution in [1.82, 2.24) is 0 Å². The highest BCUT2D eigenvalue weighted by molar-refractivity contribution is 6.21. The van der Waals surface area contributed by atoms with Crippen LogP contribution in [0.15, 0.2) is 211 Å². The molecule has 0 N–H and O–H groups in total. The number of para-hydroxylation sites is 1. The van der Waals surface area contributed by atoms with Crippen LogP contribution in [-0.2, 0) is 5.41 Å². The molecule has 0 fully saturated rings. The summed E-state index contributed by atoms with van der Waals surface area (Å²) < 4.78 is 6.42. The Bertz CT molecular complexity index is 3800. The van der Waals surface area contributed by atoms with Crippen LogP contribution in [0.1, 0.15) is 22.3 Å². The quantitative estimate of drug-likeness (QED) is 0.126. The second-order valence-electron chi connectivity index (χ2n) is 16.7. The predicted molar refractivity (Wildman–Crippen MR) is 251 cm³/mol. The first-order valence-corrected chi connectivity index (χ1v) is 20.9. The Labute approximate surface area is 346 Å². The number of benzene rings is 11. The van der Waals surface area contributed by atoms with E-state index in [2.05, 4.69) is 206 Å². The summed E-state index contributed by atoms with van der Waals surface area (Å²) in [6.07, 6.45) is 0. The summed E-state index contributed by atoms with van der Waals surface area (Å²) in [4.78, 5) is 0. The number of furan rings is 1. The molecular weight excluding hydrogens is 725 g/mol. The second-order valence-corrected chi connectivity index (χ2v) is 16.7. The van der Waals surface area contributed by atoms with Crippen LogP contribution < -0.4 is 0 Å². The van der Waals surface area contributed by atoms with Crippen LogP contribution in [0.2, 0.25) is 0 Å². The van der Waals surface area contributed by atoms with Gasteiger partial charge in [0.25, 0.3) is 0 Å². The molecule has 60 heavy (non-hydrogen) atoms. The first kappa shape index (κ1) is 32.2.